The van der Waals surface area contributed by atoms with Crippen LogP contribution >= 0.6 is 0 Å². The van der Waals surface area contributed by atoms with Gasteiger partial charge in [0.05, 0.1) is 11.4 Å². The van der Waals surface area contributed by atoms with Gasteiger partial charge in [0.1, 0.15) is 5.84 Å². The summed E-state index contributed by atoms with van der Waals surface area (Å²) in [7, 11) is 1.50. The van der Waals surface area contributed by atoms with Crippen LogP contribution in [0.1, 0.15) is 13.3 Å². The van der Waals surface area contributed by atoms with E-state index in [1.807, 2.05) is 30.3 Å². The van der Waals surface area contributed by atoms with Crippen LogP contribution in [0.25, 0.3) is 0 Å². The molecule has 4 N–H and O–H groups in total. The van der Waals surface area contributed by atoms with Crippen molar-refractivity contribution in [2.24, 2.45) is 22.4 Å². The van der Waals surface area contributed by atoms with E-state index in [2.05, 4.69) is 30.7 Å². The molecule has 5 nitrogen and oxygen atoms in total. The number of carbonyl (C=O) groups excluding carboxylic acids is 1. The van der Waals surface area contributed by atoms with Crippen molar-refractivity contribution < 1.29 is 4.79 Å². The van der Waals surface area contributed by atoms with Crippen LogP contribution < -0.4 is 11.5 Å². The molecular weight excluding hydrogens is 312 g/mol. The van der Waals surface area contributed by atoms with Gasteiger partial charge in [-0.3, -0.25) is 4.79 Å². The lowest BCUT2D eigenvalue weighted by molar-refractivity contribution is -0.105. The molecule has 1 unspecified atom stereocenters. The van der Waals surface area contributed by atoms with E-state index in [-0.39, 0.29) is 11.6 Å². The van der Waals surface area contributed by atoms with Crippen LogP contribution in [0.5, 0.6) is 0 Å². The van der Waals surface area contributed by atoms with Crippen molar-refractivity contribution in [1.82, 2.24) is 4.90 Å². The summed E-state index contributed by atoms with van der Waals surface area (Å²) < 4.78 is 0. The number of aldehydes is 1. The second-order valence-corrected chi connectivity index (χ2v) is 5.46. The van der Waals surface area contributed by atoms with Crippen molar-refractivity contribution in [2.45, 2.75) is 13.3 Å². The number of allylic oxidation sites excluding steroid dienone is 3. The summed E-state index contributed by atoms with van der Waals surface area (Å²) in [6.45, 7) is 11.6. The summed E-state index contributed by atoms with van der Waals surface area (Å²) in [5.74, 6) is 0.727. The molecule has 1 heterocycles. The van der Waals surface area contributed by atoms with Crippen LogP contribution in [0.15, 0.2) is 71.4 Å². The zero-order valence-electron chi connectivity index (χ0n) is 15.1. The van der Waals surface area contributed by atoms with Crippen LogP contribution in [0.4, 0.5) is 5.69 Å². The first-order valence-corrected chi connectivity index (χ1v) is 8.35. The number of aliphatic imine (C=N–C) groups is 1. The molecule has 1 aliphatic rings. The third-order valence-electron chi connectivity index (χ3n) is 4.10. The summed E-state index contributed by atoms with van der Waals surface area (Å²) in [5.41, 5.74) is 13.2. The predicted octanol–water partition coefficient (Wildman–Crippen LogP) is 2.79. The van der Waals surface area contributed by atoms with E-state index in [0.717, 1.165) is 42.2 Å². The molecule has 1 aliphatic heterocycles. The molecule has 1 aromatic carbocycles. The first kappa shape index (κ1) is 20.4. The van der Waals surface area contributed by atoms with Crippen LogP contribution in [0.2, 0.25) is 0 Å². The Morgan fingerprint density at radius 3 is 2.52 bits per heavy atom. The van der Waals surface area contributed by atoms with Crippen LogP contribution in [0, 0.1) is 5.92 Å². The number of hydrogen-bond acceptors (Lipinski definition) is 4. The molecule has 0 radical (unpaired) electrons. The summed E-state index contributed by atoms with van der Waals surface area (Å²) in [6, 6.07) is 9.68. The molecule has 134 valence electrons. The van der Waals surface area contributed by atoms with Gasteiger partial charge in [-0.05, 0) is 38.1 Å². The zero-order chi connectivity index (χ0) is 18.8. The molecule has 0 bridgehead atoms. The largest absolute Gasteiger partial charge is 0.396 e. The number of nitrogens with two attached hydrogens (primary N) is 2. The minimum atomic E-state index is -0.0250. The van der Waals surface area contributed by atoms with Gasteiger partial charge in [-0.2, -0.15) is 0 Å². The normalized spacial score (nSPS) is 20.4. The molecule has 0 aromatic heterocycles. The number of amidine groups is 1. The van der Waals surface area contributed by atoms with Crippen LogP contribution in [-0.4, -0.2) is 37.2 Å². The number of rotatable bonds is 5. The average molecular weight is 340 g/mol. The van der Waals surface area contributed by atoms with E-state index < -0.39 is 0 Å². The maximum atomic E-state index is 11.3. The third kappa shape index (κ3) is 4.90. The topological polar surface area (TPSA) is 84.7 Å². The highest BCUT2D eigenvalue weighted by Gasteiger charge is 2.31. The fourth-order valence-electron chi connectivity index (χ4n) is 2.83. The Kier molecular flexibility index (Phi) is 8.36. The van der Waals surface area contributed by atoms with Crippen molar-refractivity contribution >= 4 is 17.8 Å². The molecule has 2 rings (SSSR count). The average Bonchev–Trinajstić information content (AvgIpc) is 2.68. The predicted molar refractivity (Wildman–Crippen MR) is 106 cm³/mol. The monoisotopic (exact) mass is 340 g/mol. The highest BCUT2D eigenvalue weighted by Crippen LogP contribution is 2.33. The Labute approximate surface area is 150 Å². The fourth-order valence-corrected chi connectivity index (χ4v) is 2.83. The lowest BCUT2D eigenvalue weighted by Gasteiger charge is -2.37. The second kappa shape index (κ2) is 10.3. The number of carbonyl (C=O) groups is 1. The highest BCUT2D eigenvalue weighted by atomic mass is 16.1. The summed E-state index contributed by atoms with van der Waals surface area (Å²) >= 11 is 0. The van der Waals surface area contributed by atoms with E-state index in [4.69, 9.17) is 10.7 Å². The number of likely N-dealkylation sites (N-methyl/N-ethyl adjacent to an activating group) is 1. The third-order valence-corrected chi connectivity index (χ3v) is 4.10. The van der Waals surface area contributed by atoms with Crippen molar-refractivity contribution in [1.29, 1.82) is 0 Å². The Bertz CT molecular complexity index is 662. The Hall–Kier alpha value is -2.66. The molecule has 0 aliphatic carbocycles. The van der Waals surface area contributed by atoms with Crippen molar-refractivity contribution in [3.05, 3.63) is 66.4 Å². The summed E-state index contributed by atoms with van der Waals surface area (Å²) in [5, 5.41) is 0. The van der Waals surface area contributed by atoms with Crippen LogP contribution in [0.3, 0.4) is 0 Å². The van der Waals surface area contributed by atoms with E-state index in [1.54, 1.807) is 6.08 Å². The minimum absolute atomic E-state index is 0.0250. The SMILES string of the molecule is C=CC(=C)C1CCN(CC)C(=Nc2ccccc2)/C1=C(\N)C=O.CN. The van der Waals surface area contributed by atoms with Gasteiger partial charge in [0, 0.05) is 24.6 Å². The summed E-state index contributed by atoms with van der Waals surface area (Å²) in [4.78, 5) is 18.2. The zero-order valence-corrected chi connectivity index (χ0v) is 15.1. The number of likely N-dealkylation sites (tertiary alicyclic amines) is 1. The highest BCUT2D eigenvalue weighted by molar-refractivity contribution is 6.05. The first-order valence-electron chi connectivity index (χ1n) is 8.35. The summed E-state index contributed by atoms with van der Waals surface area (Å²) in [6.07, 6.45) is 3.26. The standard InChI is InChI=1S/C19H23N3O.CH5N/c1-4-14(3)16-11-12-22(5-2)19(18(16)17(20)13-23)21-15-9-7-6-8-10-15;1-2/h4,6-10,13,16H,1,3,5,11-12,20H2,2H3;2H2,1H3/b18-17-,21-19?;. The lowest BCUT2D eigenvalue weighted by atomic mass is 9.83. The van der Waals surface area contributed by atoms with E-state index in [1.165, 1.54) is 7.05 Å². The molecule has 0 spiro atoms. The number of hydrogen-bond donors (Lipinski definition) is 2. The smallest absolute Gasteiger partial charge is 0.166 e. The molecule has 1 saturated heterocycles. The van der Waals surface area contributed by atoms with Gasteiger partial charge in [0.15, 0.2) is 6.29 Å². The molecule has 0 saturated carbocycles. The number of piperidine rings is 1. The Balaban J connectivity index is 0.00000151. The molecular formula is C20H28N4O. The van der Waals surface area contributed by atoms with E-state index in [9.17, 15) is 4.79 Å². The van der Waals surface area contributed by atoms with E-state index >= 15 is 0 Å². The lowest BCUT2D eigenvalue weighted by Crippen LogP contribution is -2.42. The molecule has 0 amide bonds. The van der Waals surface area contributed by atoms with Crippen molar-refractivity contribution in [2.75, 3.05) is 20.1 Å². The van der Waals surface area contributed by atoms with E-state index in [0.29, 0.717) is 6.29 Å². The van der Waals surface area contributed by atoms with Crippen molar-refractivity contribution in [3.63, 3.8) is 0 Å². The van der Waals surface area contributed by atoms with Crippen LogP contribution in [-0.2, 0) is 4.79 Å². The van der Waals surface area contributed by atoms with Gasteiger partial charge >= 0.3 is 0 Å². The quantitative estimate of drug-likeness (QED) is 0.490. The molecule has 5 heteroatoms. The first-order chi connectivity index (χ1) is 12.1. The van der Waals surface area contributed by atoms with Gasteiger partial charge in [-0.1, -0.05) is 37.4 Å². The second-order valence-electron chi connectivity index (χ2n) is 5.46. The Morgan fingerprint density at radius 2 is 2.00 bits per heavy atom. The van der Waals surface area contributed by atoms with Gasteiger partial charge in [0.25, 0.3) is 0 Å². The maximum Gasteiger partial charge on any atom is 0.166 e. The van der Waals surface area contributed by atoms with Gasteiger partial charge in [-0.25, -0.2) is 4.99 Å². The number of benzene rings is 1. The fraction of sp³-hybridized carbons (Fsp3) is 0.300. The maximum absolute atomic E-state index is 11.3. The van der Waals surface area contributed by atoms with Gasteiger partial charge < -0.3 is 16.4 Å². The van der Waals surface area contributed by atoms with Gasteiger partial charge in [-0.15, -0.1) is 0 Å². The molecule has 1 atom stereocenters. The number of para-hydroxylation sites is 1. The van der Waals surface area contributed by atoms with Crippen molar-refractivity contribution in [3.8, 4) is 0 Å². The Morgan fingerprint density at radius 1 is 1.36 bits per heavy atom. The molecule has 1 fully saturated rings. The minimum Gasteiger partial charge on any atom is -0.396 e. The molecule has 1 aromatic rings. The molecule has 25 heavy (non-hydrogen) atoms. The number of nitrogens with zero attached hydrogens (tertiary/aromatic N) is 2. The van der Waals surface area contributed by atoms with Gasteiger partial charge in [0.2, 0.25) is 0 Å².